The van der Waals surface area contributed by atoms with Gasteiger partial charge in [-0.15, -0.1) is 10.2 Å². The fourth-order valence-corrected chi connectivity index (χ4v) is 4.52. The van der Waals surface area contributed by atoms with E-state index in [2.05, 4.69) is 20.5 Å². The number of hydrogen-bond acceptors (Lipinski definition) is 8. The number of carbonyl (C=O) groups is 2. The summed E-state index contributed by atoms with van der Waals surface area (Å²) < 4.78 is 5.83. The number of anilines is 2. The van der Waals surface area contributed by atoms with Crippen LogP contribution in [0, 0.1) is 13.8 Å². The second-order valence-electron chi connectivity index (χ2n) is 6.12. The van der Waals surface area contributed by atoms with Crippen LogP contribution >= 0.6 is 23.1 Å². The zero-order valence-electron chi connectivity index (χ0n) is 16.0. The quantitative estimate of drug-likeness (QED) is 0.414. The molecule has 7 nitrogen and oxygen atoms in total. The van der Waals surface area contributed by atoms with Crippen molar-refractivity contribution in [3.05, 3.63) is 46.8 Å². The minimum Gasteiger partial charge on any atom is -0.497 e. The summed E-state index contributed by atoms with van der Waals surface area (Å²) in [5, 5.41) is 12.0. The Labute approximate surface area is 170 Å². The number of thioether (sulfide) groups is 1. The third-order valence-electron chi connectivity index (χ3n) is 4.14. The van der Waals surface area contributed by atoms with Crippen molar-refractivity contribution in [2.45, 2.75) is 25.1 Å². The van der Waals surface area contributed by atoms with Gasteiger partial charge in [-0.2, -0.15) is 0 Å². The maximum Gasteiger partial charge on any atom is 0.210 e. The number of ketones is 2. The van der Waals surface area contributed by atoms with E-state index in [1.807, 2.05) is 24.3 Å². The molecule has 0 saturated heterocycles. The maximum atomic E-state index is 12.6. The van der Waals surface area contributed by atoms with Crippen LogP contribution in [0.1, 0.15) is 39.0 Å². The monoisotopic (exact) mass is 416 g/mol. The number of Topliss-reactive ketones (excluding diaryl/α,β-unsaturated/α-hetero) is 2. The third kappa shape index (κ3) is 4.42. The van der Waals surface area contributed by atoms with Crippen LogP contribution in [0.2, 0.25) is 0 Å². The van der Waals surface area contributed by atoms with E-state index in [4.69, 9.17) is 4.74 Å². The van der Waals surface area contributed by atoms with Crippen LogP contribution in [0.15, 0.2) is 28.6 Å². The normalized spacial score (nSPS) is 10.7. The number of benzene rings is 1. The molecule has 0 aliphatic rings. The lowest BCUT2D eigenvalue weighted by Crippen LogP contribution is -2.05. The fourth-order valence-electron chi connectivity index (χ4n) is 2.87. The van der Waals surface area contributed by atoms with Crippen LogP contribution in [0.3, 0.4) is 0 Å². The molecule has 28 heavy (non-hydrogen) atoms. The molecule has 1 aromatic carbocycles. The minimum absolute atomic E-state index is 0.0451. The molecule has 0 saturated carbocycles. The molecule has 2 N–H and O–H groups in total. The van der Waals surface area contributed by atoms with Gasteiger partial charge in [0.05, 0.1) is 18.6 Å². The number of nitrogens with one attached hydrogen (secondary N) is 2. The molecule has 0 bridgehead atoms. The van der Waals surface area contributed by atoms with Gasteiger partial charge in [-0.05, 0) is 50.6 Å². The first kappa shape index (κ1) is 20.1. The topological polar surface area (TPSA) is 97.0 Å². The van der Waals surface area contributed by atoms with E-state index in [0.717, 1.165) is 17.1 Å². The molecule has 9 heteroatoms. The van der Waals surface area contributed by atoms with E-state index in [1.54, 1.807) is 21.0 Å². The average molecular weight is 417 g/mol. The van der Waals surface area contributed by atoms with E-state index in [0.29, 0.717) is 26.3 Å². The Morgan fingerprint density at radius 3 is 2.54 bits per heavy atom. The molecule has 0 aliphatic carbocycles. The van der Waals surface area contributed by atoms with Gasteiger partial charge in [0.25, 0.3) is 0 Å². The molecule has 2 aromatic heterocycles. The first-order chi connectivity index (χ1) is 13.4. The second kappa shape index (κ2) is 8.57. The summed E-state index contributed by atoms with van der Waals surface area (Å²) in [7, 11) is 1.62. The van der Waals surface area contributed by atoms with Crippen molar-refractivity contribution in [3.63, 3.8) is 0 Å². The highest BCUT2D eigenvalue weighted by Gasteiger charge is 2.20. The van der Waals surface area contributed by atoms with E-state index in [1.165, 1.54) is 30.0 Å². The predicted octanol–water partition coefficient (Wildman–Crippen LogP) is 4.41. The summed E-state index contributed by atoms with van der Waals surface area (Å²) >= 11 is 2.70. The van der Waals surface area contributed by atoms with Gasteiger partial charge in [0.15, 0.2) is 15.9 Å². The number of methoxy groups -OCH3 is 1. The van der Waals surface area contributed by atoms with Crippen molar-refractivity contribution >= 4 is 45.5 Å². The highest BCUT2D eigenvalue weighted by molar-refractivity contribution is 8.01. The Kier molecular flexibility index (Phi) is 6.15. The molecule has 0 spiro atoms. The summed E-state index contributed by atoms with van der Waals surface area (Å²) in [6.45, 7) is 5.10. The van der Waals surface area contributed by atoms with Crippen molar-refractivity contribution in [3.8, 4) is 5.75 Å². The molecule has 0 atom stereocenters. The van der Waals surface area contributed by atoms with Crippen molar-refractivity contribution in [1.82, 2.24) is 15.2 Å². The lowest BCUT2D eigenvalue weighted by molar-refractivity contribution is 0.101. The molecule has 0 fully saturated rings. The summed E-state index contributed by atoms with van der Waals surface area (Å²) in [6.07, 6.45) is 0. The first-order valence-corrected chi connectivity index (χ1v) is 10.3. The van der Waals surface area contributed by atoms with Crippen LogP contribution in [-0.2, 0) is 0 Å². The number of ether oxygens (including phenoxy) is 1. The van der Waals surface area contributed by atoms with Crippen LogP contribution in [-0.4, -0.2) is 39.6 Å². The summed E-state index contributed by atoms with van der Waals surface area (Å²) in [6, 6.07) is 7.49. The molecular weight excluding hydrogens is 396 g/mol. The maximum absolute atomic E-state index is 12.6. The molecule has 0 unspecified atom stereocenters. The number of hydrogen-bond donors (Lipinski definition) is 2. The standard InChI is InChI=1S/C19H20N4O3S2/c1-10-16(12(3)24)11(2)20-17(10)15(25)9-27-19-23-22-18(28-19)21-13-5-7-14(26-4)8-6-13/h5-8,20H,9H2,1-4H3,(H,21,22). The minimum atomic E-state index is -0.0713. The summed E-state index contributed by atoms with van der Waals surface area (Å²) in [5.41, 5.74) is 3.38. The lowest BCUT2D eigenvalue weighted by Gasteiger charge is -2.03. The Morgan fingerprint density at radius 1 is 1.21 bits per heavy atom. The van der Waals surface area contributed by atoms with Gasteiger partial charge in [0.1, 0.15) is 5.75 Å². The predicted molar refractivity (Wildman–Crippen MR) is 112 cm³/mol. The number of aromatic amines is 1. The van der Waals surface area contributed by atoms with Gasteiger partial charge < -0.3 is 15.0 Å². The number of H-pyrrole nitrogens is 1. The number of carbonyl (C=O) groups excluding carboxylic acids is 2. The van der Waals surface area contributed by atoms with Crippen molar-refractivity contribution < 1.29 is 14.3 Å². The smallest absolute Gasteiger partial charge is 0.210 e. The van der Waals surface area contributed by atoms with Gasteiger partial charge >= 0.3 is 0 Å². The van der Waals surface area contributed by atoms with E-state index in [-0.39, 0.29) is 17.3 Å². The zero-order valence-corrected chi connectivity index (χ0v) is 17.6. The Hall–Kier alpha value is -2.65. The van der Waals surface area contributed by atoms with Gasteiger partial charge in [-0.25, -0.2) is 0 Å². The van der Waals surface area contributed by atoms with Crippen LogP contribution in [0.4, 0.5) is 10.8 Å². The zero-order chi connectivity index (χ0) is 20.3. The van der Waals surface area contributed by atoms with Gasteiger partial charge in [0, 0.05) is 16.9 Å². The fraction of sp³-hybridized carbons (Fsp3) is 0.263. The Bertz CT molecular complexity index is 1010. The number of nitrogens with zero attached hydrogens (tertiary/aromatic N) is 2. The number of aryl methyl sites for hydroxylation is 1. The Morgan fingerprint density at radius 2 is 1.93 bits per heavy atom. The molecule has 146 valence electrons. The van der Waals surface area contributed by atoms with Crippen LogP contribution in [0.5, 0.6) is 5.75 Å². The molecule has 0 radical (unpaired) electrons. The summed E-state index contributed by atoms with van der Waals surface area (Å²) in [5.74, 6) is 0.879. The van der Waals surface area contributed by atoms with Gasteiger partial charge in [-0.3, -0.25) is 9.59 Å². The molecule has 0 aliphatic heterocycles. The highest BCUT2D eigenvalue weighted by Crippen LogP contribution is 2.29. The van der Waals surface area contributed by atoms with Crippen LogP contribution < -0.4 is 10.1 Å². The number of rotatable bonds is 8. The molecule has 0 amide bonds. The lowest BCUT2D eigenvalue weighted by atomic mass is 10.1. The van der Waals surface area contributed by atoms with E-state index >= 15 is 0 Å². The SMILES string of the molecule is COc1ccc(Nc2nnc(SCC(=O)c3[nH]c(C)c(C(C)=O)c3C)s2)cc1. The van der Waals surface area contributed by atoms with E-state index < -0.39 is 0 Å². The number of aromatic nitrogens is 3. The van der Waals surface area contributed by atoms with Crippen LogP contribution in [0.25, 0.3) is 0 Å². The Balaban J connectivity index is 1.62. The highest BCUT2D eigenvalue weighted by atomic mass is 32.2. The van der Waals surface area contributed by atoms with Gasteiger partial charge in [-0.1, -0.05) is 23.1 Å². The second-order valence-corrected chi connectivity index (χ2v) is 8.32. The third-order valence-corrected chi connectivity index (χ3v) is 6.11. The van der Waals surface area contributed by atoms with Gasteiger partial charge in [0.2, 0.25) is 5.13 Å². The molecular formula is C19H20N4O3S2. The first-order valence-electron chi connectivity index (χ1n) is 8.49. The summed E-state index contributed by atoms with van der Waals surface area (Å²) in [4.78, 5) is 27.3. The molecule has 2 heterocycles. The largest absolute Gasteiger partial charge is 0.497 e. The van der Waals surface area contributed by atoms with E-state index in [9.17, 15) is 9.59 Å². The molecule has 3 rings (SSSR count). The van der Waals surface area contributed by atoms with Crippen molar-refractivity contribution in [1.29, 1.82) is 0 Å². The van der Waals surface area contributed by atoms with Crippen molar-refractivity contribution in [2.75, 3.05) is 18.2 Å². The molecule has 3 aromatic rings. The average Bonchev–Trinajstić information content (AvgIpc) is 3.24. The van der Waals surface area contributed by atoms with Crippen molar-refractivity contribution in [2.24, 2.45) is 0 Å².